The fraction of sp³-hybridized carbons (Fsp3) is 0.556. The number of hydrogen-bond acceptors (Lipinski definition) is 4. The molecule has 6 nitrogen and oxygen atoms in total. The summed E-state index contributed by atoms with van der Waals surface area (Å²) in [7, 11) is 0. The van der Waals surface area contributed by atoms with Gasteiger partial charge in [-0.3, -0.25) is 4.79 Å². The lowest BCUT2D eigenvalue weighted by Crippen LogP contribution is -2.62. The molecule has 29 heavy (non-hydrogen) atoms. The quantitative estimate of drug-likeness (QED) is 0.736. The fourth-order valence-corrected chi connectivity index (χ4v) is 4.17. The average Bonchev–Trinajstić information content (AvgIpc) is 2.96. The third-order valence-electron chi connectivity index (χ3n) is 5.57. The highest BCUT2D eigenvalue weighted by molar-refractivity contribution is 6.31. The minimum atomic E-state index is -4.74. The van der Waals surface area contributed by atoms with Gasteiger partial charge >= 0.3 is 12.3 Å². The number of halogens is 5. The summed E-state index contributed by atoms with van der Waals surface area (Å²) in [6.07, 6.45) is -4.49. The number of alkyl carbamates (subject to hydrolysis) is 1. The number of ether oxygens (including phenoxy) is 2. The Bertz CT molecular complexity index is 851. The van der Waals surface area contributed by atoms with Crippen molar-refractivity contribution in [3.8, 4) is 0 Å². The van der Waals surface area contributed by atoms with E-state index in [0.29, 0.717) is 25.9 Å². The molecule has 0 atom stereocenters. The number of carbonyl (C=O) groups excluding carboxylic acids is 2. The number of nitrogens with zero attached hydrogens (tertiary/aromatic N) is 1. The molecule has 0 unspecified atom stereocenters. The molecule has 11 heteroatoms. The lowest BCUT2D eigenvalue weighted by molar-refractivity contribution is -0.155. The largest absolute Gasteiger partial charge is 0.447 e. The van der Waals surface area contributed by atoms with Gasteiger partial charge in [0.2, 0.25) is 5.91 Å². The molecule has 158 valence electrons. The summed E-state index contributed by atoms with van der Waals surface area (Å²) in [6, 6.07) is 1.72. The molecule has 1 aromatic rings. The van der Waals surface area contributed by atoms with Gasteiger partial charge < -0.3 is 19.7 Å². The first-order valence-electron chi connectivity index (χ1n) is 8.97. The van der Waals surface area contributed by atoms with Crippen molar-refractivity contribution in [3.05, 3.63) is 34.1 Å². The Kier molecular flexibility index (Phi) is 4.89. The summed E-state index contributed by atoms with van der Waals surface area (Å²) in [4.78, 5) is 25.2. The van der Waals surface area contributed by atoms with Gasteiger partial charge in [-0.15, -0.1) is 0 Å². The summed E-state index contributed by atoms with van der Waals surface area (Å²) >= 11 is 5.49. The van der Waals surface area contributed by atoms with Gasteiger partial charge in [0.1, 0.15) is 12.4 Å². The van der Waals surface area contributed by atoms with E-state index in [0.717, 1.165) is 12.1 Å². The number of amides is 2. The zero-order valence-corrected chi connectivity index (χ0v) is 15.8. The standard InChI is InChI=1S/C18H17ClF4N2O4/c19-13-12(18(21,22)23)2-1-9(14(13)20)7-28-11-5-25(6-11)15(26)10-3-17(4-10)8-29-16(27)24-17/h1-2,10-11H,3-8H2,(H,24,27)/t10-,17+. The number of alkyl halides is 3. The molecule has 3 aliphatic rings. The summed E-state index contributed by atoms with van der Waals surface area (Å²) in [6.45, 7) is 0.664. The van der Waals surface area contributed by atoms with E-state index in [1.165, 1.54) is 0 Å². The number of rotatable bonds is 4. The SMILES string of the molecule is O=C1N[C@]2(CO1)C[C@H](C(=O)N1CC(OCc3ccc(C(F)(F)F)c(Cl)c3F)C1)C2. The second-order valence-electron chi connectivity index (χ2n) is 7.66. The van der Waals surface area contributed by atoms with Crippen LogP contribution in [0.4, 0.5) is 22.4 Å². The molecule has 0 radical (unpaired) electrons. The number of likely N-dealkylation sites (tertiary alicyclic amines) is 1. The number of nitrogens with one attached hydrogen (secondary N) is 1. The van der Waals surface area contributed by atoms with Crippen molar-refractivity contribution in [1.29, 1.82) is 0 Å². The van der Waals surface area contributed by atoms with Gasteiger partial charge in [-0.1, -0.05) is 17.7 Å². The van der Waals surface area contributed by atoms with Crippen LogP contribution in [0.1, 0.15) is 24.0 Å². The molecular weight excluding hydrogens is 420 g/mol. The van der Waals surface area contributed by atoms with Crippen LogP contribution in [0.2, 0.25) is 5.02 Å². The number of benzene rings is 1. The molecule has 1 saturated carbocycles. The molecule has 2 heterocycles. The van der Waals surface area contributed by atoms with Crippen LogP contribution in [-0.4, -0.2) is 48.2 Å². The van der Waals surface area contributed by atoms with Crippen LogP contribution in [0.5, 0.6) is 0 Å². The van der Waals surface area contributed by atoms with Crippen molar-refractivity contribution in [2.45, 2.75) is 37.3 Å². The molecule has 0 bridgehead atoms. The Morgan fingerprint density at radius 1 is 1.34 bits per heavy atom. The van der Waals surface area contributed by atoms with Gasteiger partial charge in [0.05, 0.1) is 28.8 Å². The second-order valence-corrected chi connectivity index (χ2v) is 8.04. The minimum Gasteiger partial charge on any atom is -0.447 e. The molecule has 2 aliphatic heterocycles. The van der Waals surface area contributed by atoms with E-state index in [4.69, 9.17) is 21.1 Å². The van der Waals surface area contributed by atoms with Crippen LogP contribution < -0.4 is 5.32 Å². The van der Waals surface area contributed by atoms with Crippen LogP contribution in [0.15, 0.2) is 12.1 Å². The van der Waals surface area contributed by atoms with Crippen LogP contribution in [0.3, 0.4) is 0 Å². The van der Waals surface area contributed by atoms with E-state index in [-0.39, 0.29) is 36.7 Å². The first kappa shape index (κ1) is 20.2. The van der Waals surface area contributed by atoms with Crippen molar-refractivity contribution in [2.24, 2.45) is 5.92 Å². The summed E-state index contributed by atoms with van der Waals surface area (Å²) in [5.74, 6) is -1.39. The molecule has 1 aliphatic carbocycles. The maximum atomic E-state index is 14.1. The van der Waals surface area contributed by atoms with Gasteiger partial charge in [-0.25, -0.2) is 9.18 Å². The molecule has 0 aromatic heterocycles. The molecule has 1 aromatic carbocycles. The molecule has 1 spiro atoms. The van der Waals surface area contributed by atoms with E-state index >= 15 is 0 Å². The highest BCUT2D eigenvalue weighted by Gasteiger charge is 2.54. The van der Waals surface area contributed by atoms with Gasteiger partial charge in [-0.05, 0) is 18.9 Å². The van der Waals surface area contributed by atoms with Gasteiger partial charge in [0.15, 0.2) is 0 Å². The molecule has 2 saturated heterocycles. The monoisotopic (exact) mass is 436 g/mol. The second kappa shape index (κ2) is 7.02. The molecule has 2 amide bonds. The summed E-state index contributed by atoms with van der Waals surface area (Å²) in [5.41, 5.74) is -1.74. The molecule has 4 rings (SSSR count). The van der Waals surface area contributed by atoms with Crippen molar-refractivity contribution in [3.63, 3.8) is 0 Å². The van der Waals surface area contributed by atoms with E-state index < -0.39 is 34.2 Å². The van der Waals surface area contributed by atoms with Crippen LogP contribution >= 0.6 is 11.6 Å². The van der Waals surface area contributed by atoms with E-state index in [1.807, 2.05) is 0 Å². The Morgan fingerprint density at radius 3 is 2.62 bits per heavy atom. The lowest BCUT2D eigenvalue weighted by Gasteiger charge is -2.47. The van der Waals surface area contributed by atoms with Gasteiger partial charge in [-0.2, -0.15) is 13.2 Å². The van der Waals surface area contributed by atoms with Gasteiger partial charge in [0, 0.05) is 24.6 Å². The molecule has 3 fully saturated rings. The lowest BCUT2D eigenvalue weighted by atomic mass is 9.68. The van der Waals surface area contributed by atoms with Crippen LogP contribution in [0, 0.1) is 11.7 Å². The van der Waals surface area contributed by atoms with Crippen molar-refractivity contribution >= 4 is 23.6 Å². The smallest absolute Gasteiger partial charge is 0.417 e. The van der Waals surface area contributed by atoms with Crippen LogP contribution in [0.25, 0.3) is 0 Å². The third kappa shape index (κ3) is 3.75. The predicted octanol–water partition coefficient (Wildman–Crippen LogP) is 3.11. The Morgan fingerprint density at radius 2 is 2.03 bits per heavy atom. The average molecular weight is 437 g/mol. The van der Waals surface area contributed by atoms with Crippen molar-refractivity contribution in [1.82, 2.24) is 10.2 Å². The van der Waals surface area contributed by atoms with E-state index in [2.05, 4.69) is 5.32 Å². The maximum absolute atomic E-state index is 14.1. The van der Waals surface area contributed by atoms with Crippen LogP contribution in [-0.2, 0) is 27.1 Å². The van der Waals surface area contributed by atoms with Crippen molar-refractivity contribution < 1.29 is 36.6 Å². The number of carbonyl (C=O) groups is 2. The fourth-order valence-electron chi connectivity index (χ4n) is 3.88. The normalized spacial score (nSPS) is 26.7. The Hall–Kier alpha value is -2.07. The molecular formula is C18H17ClF4N2O4. The first-order valence-corrected chi connectivity index (χ1v) is 9.35. The zero-order chi connectivity index (χ0) is 21.0. The van der Waals surface area contributed by atoms with E-state index in [1.54, 1.807) is 4.90 Å². The molecule has 1 N–H and O–H groups in total. The zero-order valence-electron chi connectivity index (χ0n) is 15.0. The van der Waals surface area contributed by atoms with Gasteiger partial charge in [0.25, 0.3) is 0 Å². The third-order valence-corrected chi connectivity index (χ3v) is 5.94. The number of cyclic esters (lactones) is 1. The Labute approximate surface area is 168 Å². The minimum absolute atomic E-state index is 0.0413. The highest BCUT2D eigenvalue weighted by Crippen LogP contribution is 2.42. The number of hydrogen-bond donors (Lipinski definition) is 1. The first-order chi connectivity index (χ1) is 13.6. The predicted molar refractivity (Wildman–Crippen MR) is 91.5 cm³/mol. The maximum Gasteiger partial charge on any atom is 0.417 e. The van der Waals surface area contributed by atoms with E-state index in [9.17, 15) is 27.2 Å². The summed E-state index contributed by atoms with van der Waals surface area (Å²) in [5, 5.41) is 1.74. The van der Waals surface area contributed by atoms with Crippen molar-refractivity contribution in [2.75, 3.05) is 19.7 Å². The Balaban J connectivity index is 1.24. The topological polar surface area (TPSA) is 67.9 Å². The summed E-state index contributed by atoms with van der Waals surface area (Å²) < 4.78 is 62.6. The highest BCUT2D eigenvalue weighted by atomic mass is 35.5.